The second-order valence-electron chi connectivity index (χ2n) is 5.38. The summed E-state index contributed by atoms with van der Waals surface area (Å²) in [5, 5.41) is 3.61. The second kappa shape index (κ2) is 6.24. The molecule has 0 radical (unpaired) electrons. The van der Waals surface area contributed by atoms with Gasteiger partial charge in [0.2, 0.25) is 0 Å². The van der Waals surface area contributed by atoms with Crippen molar-refractivity contribution in [2.45, 2.75) is 45.6 Å². The third kappa shape index (κ3) is 4.24. The highest BCUT2D eigenvalue weighted by Crippen LogP contribution is 2.33. The molecule has 1 heterocycles. The lowest BCUT2D eigenvalue weighted by molar-refractivity contribution is -0.121. The predicted molar refractivity (Wildman–Crippen MR) is 69.9 cm³/mol. The van der Waals surface area contributed by atoms with Gasteiger partial charge in [0.15, 0.2) is 6.29 Å². The van der Waals surface area contributed by atoms with Crippen LogP contribution in [0.4, 0.5) is 0 Å². The first-order chi connectivity index (χ1) is 7.48. The monoisotopic (exact) mass is 247 g/mol. The number of hydrogen-bond acceptors (Lipinski definition) is 4. The van der Waals surface area contributed by atoms with Gasteiger partial charge >= 0.3 is 0 Å². The normalized spacial score (nSPS) is 27.0. The highest BCUT2D eigenvalue weighted by molar-refractivity contribution is 7.99. The number of rotatable bonds is 5. The van der Waals surface area contributed by atoms with Gasteiger partial charge in [0.1, 0.15) is 0 Å². The van der Waals surface area contributed by atoms with Gasteiger partial charge in [-0.05, 0) is 24.5 Å². The van der Waals surface area contributed by atoms with Gasteiger partial charge in [-0.15, -0.1) is 0 Å². The Balaban J connectivity index is 2.41. The topological polar surface area (TPSA) is 30.5 Å². The zero-order valence-electron chi connectivity index (χ0n) is 11.1. The molecule has 3 nitrogen and oxygen atoms in total. The molecule has 96 valence electrons. The molecule has 0 aromatic rings. The van der Waals surface area contributed by atoms with Crippen LogP contribution >= 0.6 is 11.8 Å². The SMILES string of the molecule is COC(OC)C(C)NC1CSCC(C)(C)C1. The van der Waals surface area contributed by atoms with Crippen molar-refractivity contribution in [2.24, 2.45) is 5.41 Å². The van der Waals surface area contributed by atoms with Crippen LogP contribution in [0.5, 0.6) is 0 Å². The van der Waals surface area contributed by atoms with Crippen molar-refractivity contribution in [3.05, 3.63) is 0 Å². The van der Waals surface area contributed by atoms with E-state index >= 15 is 0 Å². The first kappa shape index (κ1) is 14.3. The van der Waals surface area contributed by atoms with Gasteiger partial charge in [-0.25, -0.2) is 0 Å². The van der Waals surface area contributed by atoms with Crippen LogP contribution in [0.25, 0.3) is 0 Å². The molecular formula is C12H25NO2S. The van der Waals surface area contributed by atoms with Crippen LogP contribution in [0.15, 0.2) is 0 Å². The Morgan fingerprint density at radius 3 is 2.44 bits per heavy atom. The van der Waals surface area contributed by atoms with Crippen LogP contribution < -0.4 is 5.32 Å². The first-order valence-electron chi connectivity index (χ1n) is 5.88. The number of methoxy groups -OCH3 is 2. The average Bonchev–Trinajstić information content (AvgIpc) is 2.17. The molecule has 0 aromatic heterocycles. The van der Waals surface area contributed by atoms with E-state index in [-0.39, 0.29) is 12.3 Å². The molecule has 2 atom stereocenters. The van der Waals surface area contributed by atoms with Gasteiger partial charge < -0.3 is 14.8 Å². The summed E-state index contributed by atoms with van der Waals surface area (Å²) >= 11 is 2.03. The van der Waals surface area contributed by atoms with Crippen molar-refractivity contribution in [1.29, 1.82) is 0 Å². The largest absolute Gasteiger partial charge is 0.354 e. The summed E-state index contributed by atoms with van der Waals surface area (Å²) in [6, 6.07) is 0.797. The van der Waals surface area contributed by atoms with E-state index < -0.39 is 0 Å². The summed E-state index contributed by atoms with van der Waals surface area (Å²) < 4.78 is 10.5. The minimum absolute atomic E-state index is 0.157. The molecule has 1 N–H and O–H groups in total. The van der Waals surface area contributed by atoms with E-state index in [0.29, 0.717) is 11.5 Å². The van der Waals surface area contributed by atoms with E-state index in [2.05, 4.69) is 26.1 Å². The maximum Gasteiger partial charge on any atom is 0.171 e. The van der Waals surface area contributed by atoms with Gasteiger partial charge in [-0.3, -0.25) is 0 Å². The fourth-order valence-corrected chi connectivity index (χ4v) is 3.61. The van der Waals surface area contributed by atoms with Gasteiger partial charge in [0.05, 0.1) is 6.04 Å². The van der Waals surface area contributed by atoms with Crippen molar-refractivity contribution in [3.8, 4) is 0 Å². The highest BCUT2D eigenvalue weighted by Gasteiger charge is 2.30. The lowest BCUT2D eigenvalue weighted by Crippen LogP contribution is -2.49. The Labute approximate surface area is 104 Å². The van der Waals surface area contributed by atoms with Crippen LogP contribution in [-0.4, -0.2) is 44.1 Å². The number of hydrogen-bond donors (Lipinski definition) is 1. The molecule has 16 heavy (non-hydrogen) atoms. The fraction of sp³-hybridized carbons (Fsp3) is 1.00. The summed E-state index contributed by atoms with van der Waals surface area (Å²) in [6.07, 6.45) is 1.07. The lowest BCUT2D eigenvalue weighted by Gasteiger charge is -2.37. The lowest BCUT2D eigenvalue weighted by atomic mass is 9.87. The molecule has 0 saturated carbocycles. The van der Waals surface area contributed by atoms with Crippen molar-refractivity contribution >= 4 is 11.8 Å². The van der Waals surface area contributed by atoms with E-state index in [4.69, 9.17) is 9.47 Å². The molecule has 0 aliphatic carbocycles. The molecule has 1 aliphatic rings. The molecule has 0 bridgehead atoms. The zero-order valence-corrected chi connectivity index (χ0v) is 11.9. The molecule has 1 aliphatic heterocycles. The van der Waals surface area contributed by atoms with Crippen molar-refractivity contribution in [2.75, 3.05) is 25.7 Å². The van der Waals surface area contributed by atoms with E-state index in [9.17, 15) is 0 Å². The molecular weight excluding hydrogens is 222 g/mol. The minimum atomic E-state index is -0.157. The van der Waals surface area contributed by atoms with Crippen LogP contribution in [-0.2, 0) is 9.47 Å². The van der Waals surface area contributed by atoms with E-state index in [1.165, 1.54) is 17.9 Å². The van der Waals surface area contributed by atoms with Gasteiger partial charge in [-0.1, -0.05) is 13.8 Å². The second-order valence-corrected chi connectivity index (χ2v) is 6.41. The molecule has 1 fully saturated rings. The van der Waals surface area contributed by atoms with Crippen LogP contribution in [0.2, 0.25) is 0 Å². The van der Waals surface area contributed by atoms with Crippen LogP contribution in [0.1, 0.15) is 27.2 Å². The first-order valence-corrected chi connectivity index (χ1v) is 7.03. The average molecular weight is 247 g/mol. The smallest absolute Gasteiger partial charge is 0.171 e. The quantitative estimate of drug-likeness (QED) is 0.754. The summed E-state index contributed by atoms with van der Waals surface area (Å²) in [7, 11) is 3.37. The number of nitrogens with one attached hydrogen (secondary N) is 1. The van der Waals surface area contributed by atoms with Crippen LogP contribution in [0.3, 0.4) is 0 Å². The zero-order chi connectivity index (χ0) is 12.2. The molecule has 2 unspecified atom stereocenters. The standard InChI is InChI=1S/C12H25NO2S/c1-9(11(14-4)15-5)13-10-6-12(2,3)8-16-7-10/h9-11,13H,6-8H2,1-5H3. The predicted octanol–water partition coefficient (Wildman–Crippen LogP) is 2.12. The maximum atomic E-state index is 5.26. The van der Waals surface area contributed by atoms with Gasteiger partial charge in [0.25, 0.3) is 0 Å². The summed E-state index contributed by atoms with van der Waals surface area (Å²) in [5.74, 6) is 2.45. The summed E-state index contributed by atoms with van der Waals surface area (Å²) in [5.41, 5.74) is 0.440. The van der Waals surface area contributed by atoms with E-state index in [1.807, 2.05) is 11.8 Å². The summed E-state index contributed by atoms with van der Waals surface area (Å²) in [6.45, 7) is 6.79. The van der Waals surface area contributed by atoms with Crippen molar-refractivity contribution in [3.63, 3.8) is 0 Å². The molecule has 1 rings (SSSR count). The number of ether oxygens (including phenoxy) is 2. The minimum Gasteiger partial charge on any atom is -0.354 e. The third-order valence-corrected chi connectivity index (χ3v) is 4.61. The molecule has 0 spiro atoms. The van der Waals surface area contributed by atoms with Gasteiger partial charge in [0, 0.05) is 26.0 Å². The Kier molecular flexibility index (Phi) is 5.57. The van der Waals surface area contributed by atoms with E-state index in [0.717, 1.165) is 0 Å². The molecule has 0 aromatic carbocycles. The van der Waals surface area contributed by atoms with Crippen molar-refractivity contribution < 1.29 is 9.47 Å². The fourth-order valence-electron chi connectivity index (χ4n) is 2.32. The molecule has 1 saturated heterocycles. The Hall–Kier alpha value is 0.230. The highest BCUT2D eigenvalue weighted by atomic mass is 32.2. The Morgan fingerprint density at radius 2 is 1.94 bits per heavy atom. The maximum absolute atomic E-state index is 5.26. The Bertz CT molecular complexity index is 207. The third-order valence-electron chi connectivity index (χ3n) is 2.98. The molecule has 0 amide bonds. The van der Waals surface area contributed by atoms with Crippen molar-refractivity contribution in [1.82, 2.24) is 5.32 Å². The molecule has 4 heteroatoms. The van der Waals surface area contributed by atoms with Gasteiger partial charge in [-0.2, -0.15) is 11.8 Å². The summed E-state index contributed by atoms with van der Waals surface area (Å²) in [4.78, 5) is 0. The number of thioether (sulfide) groups is 1. The van der Waals surface area contributed by atoms with E-state index in [1.54, 1.807) is 14.2 Å². The van der Waals surface area contributed by atoms with Crippen LogP contribution in [0, 0.1) is 5.41 Å². The Morgan fingerprint density at radius 1 is 1.31 bits per heavy atom.